The molecule has 1 amide bonds. The zero-order chi connectivity index (χ0) is 20.8. The molecule has 1 unspecified atom stereocenters. The number of nitrogens with zero attached hydrogens (tertiary/aromatic N) is 1. The van der Waals surface area contributed by atoms with E-state index in [1.165, 1.54) is 48.4 Å². The molecular weight excluding hydrogens is 366 g/mol. The monoisotopic (exact) mass is 389 g/mol. The second kappa shape index (κ2) is 9.07. The molecule has 1 aliphatic carbocycles. The van der Waals surface area contributed by atoms with Crippen LogP contribution in [0.3, 0.4) is 0 Å². The summed E-state index contributed by atoms with van der Waals surface area (Å²) in [5, 5.41) is 24.1. The van der Waals surface area contributed by atoms with Crippen molar-refractivity contribution in [2.75, 3.05) is 5.32 Å². The lowest BCUT2D eigenvalue weighted by Crippen LogP contribution is -2.19. The van der Waals surface area contributed by atoms with Crippen molar-refractivity contribution in [3.8, 4) is 6.07 Å². The van der Waals surface area contributed by atoms with Crippen LogP contribution in [0.5, 0.6) is 0 Å². The molecule has 29 heavy (non-hydrogen) atoms. The van der Waals surface area contributed by atoms with Crippen molar-refractivity contribution in [3.63, 3.8) is 0 Å². The van der Waals surface area contributed by atoms with Gasteiger partial charge >= 0.3 is 5.97 Å². The lowest BCUT2D eigenvalue weighted by Gasteiger charge is -2.19. The normalized spacial score (nSPS) is 14.3. The number of hydrogen-bond donors (Lipinski definition) is 3. The van der Waals surface area contributed by atoms with Crippen LogP contribution in [0.2, 0.25) is 0 Å². The first kappa shape index (κ1) is 20.2. The van der Waals surface area contributed by atoms with Gasteiger partial charge in [0.25, 0.3) is 5.91 Å². The summed E-state index contributed by atoms with van der Waals surface area (Å²) < 4.78 is 0. The molecule has 6 nitrogen and oxygen atoms in total. The van der Waals surface area contributed by atoms with Crippen molar-refractivity contribution in [1.29, 1.82) is 5.26 Å². The number of benzene rings is 2. The summed E-state index contributed by atoms with van der Waals surface area (Å²) >= 11 is 0. The molecule has 0 bridgehead atoms. The van der Waals surface area contributed by atoms with Crippen LogP contribution in [0.4, 0.5) is 5.69 Å². The van der Waals surface area contributed by atoms with Gasteiger partial charge in [-0.15, -0.1) is 0 Å². The van der Waals surface area contributed by atoms with Crippen molar-refractivity contribution in [2.45, 2.75) is 38.6 Å². The van der Waals surface area contributed by atoms with E-state index in [0.29, 0.717) is 5.69 Å². The molecule has 0 heterocycles. The van der Waals surface area contributed by atoms with Gasteiger partial charge in [0.2, 0.25) is 0 Å². The summed E-state index contributed by atoms with van der Waals surface area (Å²) in [5.41, 5.74) is 4.18. The van der Waals surface area contributed by atoms with Crippen molar-refractivity contribution in [2.24, 2.45) is 0 Å². The van der Waals surface area contributed by atoms with E-state index in [9.17, 15) is 14.9 Å². The number of fused-ring (bicyclic) bond motifs is 1. The summed E-state index contributed by atoms with van der Waals surface area (Å²) in [7, 11) is 0. The Labute approximate surface area is 169 Å². The molecule has 0 radical (unpaired) electrons. The number of aryl methyl sites for hydroxylation is 2. The van der Waals surface area contributed by atoms with Crippen LogP contribution in [0.15, 0.2) is 54.2 Å². The molecule has 0 saturated carbocycles. The molecule has 3 rings (SSSR count). The number of nitriles is 1. The standard InChI is InChI=1S/C23H23N3O3/c1-15(17-10-9-16-5-2-3-6-18(16)11-17)25-14-20(13-24)22(27)26-21-8-4-7-19(12-21)23(28)29/h4,7-12,14-15,25H,2-3,5-6H2,1H3,(H,26,27)(H,28,29)/b20-14-. The number of anilines is 1. The Bertz CT molecular complexity index is 1000. The Kier molecular flexibility index (Phi) is 6.30. The Morgan fingerprint density at radius 2 is 1.90 bits per heavy atom. The zero-order valence-corrected chi connectivity index (χ0v) is 16.2. The molecular formula is C23H23N3O3. The Morgan fingerprint density at radius 3 is 2.62 bits per heavy atom. The number of aromatic carboxylic acids is 1. The maximum absolute atomic E-state index is 12.4. The van der Waals surface area contributed by atoms with Crippen LogP contribution in [0, 0.1) is 11.3 Å². The Hall–Kier alpha value is -3.59. The third-order valence-corrected chi connectivity index (χ3v) is 5.08. The summed E-state index contributed by atoms with van der Waals surface area (Å²) in [4.78, 5) is 23.4. The number of hydrogen-bond acceptors (Lipinski definition) is 4. The van der Waals surface area contributed by atoms with Gasteiger partial charge in [0.1, 0.15) is 11.6 Å². The number of rotatable bonds is 6. The van der Waals surface area contributed by atoms with Gasteiger partial charge in [-0.05, 0) is 67.5 Å². The van der Waals surface area contributed by atoms with E-state index < -0.39 is 11.9 Å². The van der Waals surface area contributed by atoms with Crippen molar-refractivity contribution < 1.29 is 14.7 Å². The van der Waals surface area contributed by atoms with Gasteiger partial charge < -0.3 is 15.7 Å². The summed E-state index contributed by atoms with van der Waals surface area (Å²) in [6, 6.07) is 14.2. The van der Waals surface area contributed by atoms with Crippen LogP contribution in [-0.2, 0) is 17.6 Å². The highest BCUT2D eigenvalue weighted by atomic mass is 16.4. The van der Waals surface area contributed by atoms with Crippen molar-refractivity contribution >= 4 is 17.6 Å². The fourth-order valence-corrected chi connectivity index (χ4v) is 3.40. The maximum atomic E-state index is 12.4. The topological polar surface area (TPSA) is 102 Å². The molecule has 0 fully saturated rings. The predicted molar refractivity (Wildman–Crippen MR) is 110 cm³/mol. The smallest absolute Gasteiger partial charge is 0.335 e. The summed E-state index contributed by atoms with van der Waals surface area (Å²) in [5.74, 6) is -1.68. The van der Waals surface area contributed by atoms with Crippen LogP contribution in [0.25, 0.3) is 0 Å². The van der Waals surface area contributed by atoms with Crippen molar-refractivity contribution in [1.82, 2.24) is 5.32 Å². The van der Waals surface area contributed by atoms with E-state index >= 15 is 0 Å². The van der Waals surface area contributed by atoms with Crippen molar-refractivity contribution in [3.05, 3.63) is 76.5 Å². The van der Waals surface area contributed by atoms with Crippen LogP contribution >= 0.6 is 0 Å². The minimum atomic E-state index is -1.09. The number of carbonyl (C=O) groups is 2. The Balaban J connectivity index is 1.68. The van der Waals surface area contributed by atoms with Crippen LogP contribution in [-0.4, -0.2) is 17.0 Å². The largest absolute Gasteiger partial charge is 0.478 e. The lowest BCUT2D eigenvalue weighted by atomic mass is 9.89. The first-order chi connectivity index (χ1) is 14.0. The fraction of sp³-hybridized carbons (Fsp3) is 0.261. The van der Waals surface area contributed by atoms with Gasteiger partial charge in [-0.2, -0.15) is 5.26 Å². The van der Waals surface area contributed by atoms with Gasteiger partial charge in [0.15, 0.2) is 0 Å². The average Bonchev–Trinajstić information content (AvgIpc) is 2.73. The highest BCUT2D eigenvalue weighted by molar-refractivity contribution is 6.06. The van der Waals surface area contributed by atoms with E-state index in [1.54, 1.807) is 6.07 Å². The van der Waals surface area contributed by atoms with E-state index in [2.05, 4.69) is 28.8 Å². The highest BCUT2D eigenvalue weighted by Gasteiger charge is 2.14. The lowest BCUT2D eigenvalue weighted by molar-refractivity contribution is -0.112. The van der Waals surface area contributed by atoms with Crippen LogP contribution < -0.4 is 10.6 Å². The number of amides is 1. The molecule has 0 spiro atoms. The predicted octanol–water partition coefficient (Wildman–Crippen LogP) is 3.96. The second-order valence-electron chi connectivity index (χ2n) is 7.13. The quantitative estimate of drug-likeness (QED) is 0.513. The Morgan fingerprint density at radius 1 is 1.14 bits per heavy atom. The van der Waals surface area contributed by atoms with E-state index in [0.717, 1.165) is 18.4 Å². The third kappa shape index (κ3) is 5.02. The van der Waals surface area contributed by atoms with E-state index in [4.69, 9.17) is 5.11 Å². The number of nitrogens with one attached hydrogen (secondary N) is 2. The molecule has 148 valence electrons. The third-order valence-electron chi connectivity index (χ3n) is 5.08. The average molecular weight is 389 g/mol. The first-order valence-electron chi connectivity index (χ1n) is 9.60. The molecule has 0 saturated heterocycles. The second-order valence-corrected chi connectivity index (χ2v) is 7.13. The van der Waals surface area contributed by atoms with Gasteiger partial charge in [0, 0.05) is 17.9 Å². The molecule has 3 N–H and O–H groups in total. The summed E-state index contributed by atoms with van der Waals surface area (Å²) in [6.07, 6.45) is 6.06. The minimum Gasteiger partial charge on any atom is -0.478 e. The van der Waals surface area contributed by atoms with Crippen LogP contribution in [0.1, 0.15) is 52.9 Å². The molecule has 1 aliphatic rings. The maximum Gasteiger partial charge on any atom is 0.335 e. The molecule has 0 aliphatic heterocycles. The molecule has 2 aromatic carbocycles. The van der Waals surface area contributed by atoms with Gasteiger partial charge in [-0.25, -0.2) is 4.79 Å². The van der Waals surface area contributed by atoms with Gasteiger partial charge in [-0.1, -0.05) is 24.3 Å². The van der Waals surface area contributed by atoms with Gasteiger partial charge in [-0.3, -0.25) is 4.79 Å². The minimum absolute atomic E-state index is 0.0597. The SMILES string of the molecule is CC(N/C=C(/C#N)C(=O)Nc1cccc(C(=O)O)c1)c1ccc2c(c1)CCCC2. The molecule has 6 heteroatoms. The van der Waals surface area contributed by atoms with Gasteiger partial charge in [0.05, 0.1) is 5.56 Å². The summed E-state index contributed by atoms with van der Waals surface area (Å²) in [6.45, 7) is 1.98. The number of carboxylic acid groups (broad SMARTS) is 1. The molecule has 0 aromatic heterocycles. The van der Waals surface area contributed by atoms with E-state index in [1.807, 2.05) is 13.0 Å². The first-order valence-corrected chi connectivity index (χ1v) is 9.60. The molecule has 2 aromatic rings. The highest BCUT2D eigenvalue weighted by Crippen LogP contribution is 2.24. The zero-order valence-electron chi connectivity index (χ0n) is 16.2. The number of carboxylic acids is 1. The fourth-order valence-electron chi connectivity index (χ4n) is 3.40. The van der Waals surface area contributed by atoms with E-state index in [-0.39, 0.29) is 17.2 Å². The molecule has 1 atom stereocenters. The number of carbonyl (C=O) groups excluding carboxylic acids is 1.